The fourth-order valence-corrected chi connectivity index (χ4v) is 4.34. The highest BCUT2D eigenvalue weighted by Crippen LogP contribution is 2.34. The van der Waals surface area contributed by atoms with Crippen LogP contribution in [0.3, 0.4) is 0 Å². The van der Waals surface area contributed by atoms with Gasteiger partial charge >= 0.3 is 5.97 Å². The van der Waals surface area contributed by atoms with E-state index in [4.69, 9.17) is 18.9 Å². The molecule has 0 saturated heterocycles. The van der Waals surface area contributed by atoms with Crippen molar-refractivity contribution in [1.82, 2.24) is 0 Å². The van der Waals surface area contributed by atoms with Gasteiger partial charge in [0.05, 0.1) is 23.3 Å². The van der Waals surface area contributed by atoms with Crippen LogP contribution < -0.4 is 18.5 Å². The lowest BCUT2D eigenvalue weighted by Crippen LogP contribution is -2.36. The summed E-state index contributed by atoms with van der Waals surface area (Å²) in [5, 5.41) is 0. The Kier molecular flexibility index (Phi) is 6.71. The summed E-state index contributed by atoms with van der Waals surface area (Å²) in [7, 11) is -4.08. The van der Waals surface area contributed by atoms with Crippen LogP contribution in [0, 0.1) is 0 Å². The lowest BCUT2D eigenvalue weighted by molar-refractivity contribution is -0.141. The normalized spacial score (nSPS) is 13.1. The number of sulfonamides is 1. The Balaban J connectivity index is 1.97. The molecule has 1 aliphatic heterocycles. The standard InChI is InChI=1S/C21H25NO7S/c1-4-26-21(23)14-22(16-5-7-17(8-6-16)29-15(2)3)30(24,25)18-9-10-19-20(13-18)28-12-11-27-19/h5-10,13,15H,4,11-12,14H2,1-3H3. The summed E-state index contributed by atoms with van der Waals surface area (Å²) in [6.07, 6.45) is -0.0204. The summed E-state index contributed by atoms with van der Waals surface area (Å²) in [5.41, 5.74) is 0.314. The van der Waals surface area contributed by atoms with Gasteiger partial charge in [0.15, 0.2) is 11.5 Å². The number of hydrogen-bond donors (Lipinski definition) is 0. The van der Waals surface area contributed by atoms with Crippen LogP contribution in [0.1, 0.15) is 20.8 Å². The zero-order valence-corrected chi connectivity index (χ0v) is 18.0. The Hall–Kier alpha value is -2.94. The van der Waals surface area contributed by atoms with E-state index in [1.807, 2.05) is 13.8 Å². The summed E-state index contributed by atoms with van der Waals surface area (Å²) in [5.74, 6) is 0.772. The zero-order chi connectivity index (χ0) is 21.7. The highest BCUT2D eigenvalue weighted by atomic mass is 32.2. The highest BCUT2D eigenvalue weighted by molar-refractivity contribution is 7.92. The number of carbonyl (C=O) groups excluding carboxylic acids is 1. The van der Waals surface area contributed by atoms with Crippen molar-refractivity contribution in [2.75, 3.05) is 30.7 Å². The summed E-state index contributed by atoms with van der Waals surface area (Å²) >= 11 is 0. The van der Waals surface area contributed by atoms with Crippen LogP contribution in [-0.4, -0.2) is 46.9 Å². The second kappa shape index (κ2) is 9.25. The Labute approximate surface area is 176 Å². The molecular formula is C21H25NO7S. The first-order chi connectivity index (χ1) is 14.3. The largest absolute Gasteiger partial charge is 0.491 e. The molecule has 0 N–H and O–H groups in total. The van der Waals surface area contributed by atoms with Crippen molar-refractivity contribution in [3.8, 4) is 17.2 Å². The van der Waals surface area contributed by atoms with Crippen molar-refractivity contribution in [2.24, 2.45) is 0 Å². The molecule has 0 atom stereocenters. The Morgan fingerprint density at radius 2 is 1.73 bits per heavy atom. The topological polar surface area (TPSA) is 91.4 Å². The van der Waals surface area contributed by atoms with Gasteiger partial charge in [-0.25, -0.2) is 8.42 Å². The molecule has 0 aliphatic carbocycles. The molecule has 0 unspecified atom stereocenters. The van der Waals surface area contributed by atoms with E-state index in [2.05, 4.69) is 0 Å². The second-order valence-electron chi connectivity index (χ2n) is 6.78. The van der Waals surface area contributed by atoms with Gasteiger partial charge in [-0.3, -0.25) is 9.10 Å². The van der Waals surface area contributed by atoms with Crippen molar-refractivity contribution < 1.29 is 32.2 Å². The van der Waals surface area contributed by atoms with Crippen molar-refractivity contribution in [2.45, 2.75) is 31.8 Å². The Morgan fingerprint density at radius 1 is 1.07 bits per heavy atom. The van der Waals surface area contributed by atoms with Crippen LogP contribution in [0.25, 0.3) is 0 Å². The molecule has 0 bridgehead atoms. The molecule has 1 heterocycles. The number of ether oxygens (including phenoxy) is 4. The predicted molar refractivity (Wildman–Crippen MR) is 111 cm³/mol. The van der Waals surface area contributed by atoms with Gasteiger partial charge in [0.1, 0.15) is 25.5 Å². The number of nitrogens with zero attached hydrogens (tertiary/aromatic N) is 1. The van der Waals surface area contributed by atoms with Crippen LogP contribution in [0.4, 0.5) is 5.69 Å². The number of carbonyl (C=O) groups is 1. The minimum atomic E-state index is -4.08. The maximum absolute atomic E-state index is 13.4. The van der Waals surface area contributed by atoms with Gasteiger partial charge in [-0.05, 0) is 57.2 Å². The second-order valence-corrected chi connectivity index (χ2v) is 8.64. The van der Waals surface area contributed by atoms with E-state index in [9.17, 15) is 13.2 Å². The van der Waals surface area contributed by atoms with Gasteiger partial charge in [0, 0.05) is 6.07 Å². The first-order valence-corrected chi connectivity index (χ1v) is 11.1. The average Bonchev–Trinajstić information content (AvgIpc) is 2.72. The predicted octanol–water partition coefficient (Wildman–Crippen LogP) is 3.00. The number of fused-ring (bicyclic) bond motifs is 1. The van der Waals surface area contributed by atoms with Gasteiger partial charge in [0.2, 0.25) is 0 Å². The fourth-order valence-electron chi connectivity index (χ4n) is 2.91. The maximum atomic E-state index is 13.4. The van der Waals surface area contributed by atoms with Gasteiger partial charge in [-0.15, -0.1) is 0 Å². The average molecular weight is 435 g/mol. The van der Waals surface area contributed by atoms with E-state index in [1.165, 1.54) is 12.1 Å². The molecule has 0 fully saturated rings. The number of esters is 1. The molecule has 0 saturated carbocycles. The van der Waals surface area contributed by atoms with Crippen LogP contribution in [0.2, 0.25) is 0 Å². The third-order valence-corrected chi connectivity index (χ3v) is 5.95. The molecule has 1 aliphatic rings. The van der Waals surface area contributed by atoms with Crippen LogP contribution in [0.5, 0.6) is 17.2 Å². The minimum absolute atomic E-state index is 0.0152. The number of rotatable bonds is 8. The fraction of sp³-hybridized carbons (Fsp3) is 0.381. The van der Waals surface area contributed by atoms with Crippen molar-refractivity contribution >= 4 is 21.7 Å². The molecule has 0 amide bonds. The number of benzene rings is 2. The number of anilines is 1. The molecule has 3 rings (SSSR count). The lowest BCUT2D eigenvalue weighted by atomic mass is 10.3. The van der Waals surface area contributed by atoms with E-state index in [1.54, 1.807) is 37.3 Å². The third kappa shape index (κ3) is 4.96. The van der Waals surface area contributed by atoms with Gasteiger partial charge in [-0.2, -0.15) is 0 Å². The first kappa shape index (κ1) is 21.8. The van der Waals surface area contributed by atoms with Crippen LogP contribution in [-0.2, 0) is 19.6 Å². The molecule has 9 heteroatoms. The molecular weight excluding hydrogens is 410 g/mol. The van der Waals surface area contributed by atoms with E-state index in [0.29, 0.717) is 36.1 Å². The van der Waals surface area contributed by atoms with Crippen molar-refractivity contribution in [1.29, 1.82) is 0 Å². The molecule has 2 aromatic carbocycles. The summed E-state index contributed by atoms with van der Waals surface area (Å²) in [6.45, 7) is 5.88. The molecule has 0 radical (unpaired) electrons. The lowest BCUT2D eigenvalue weighted by Gasteiger charge is -2.25. The minimum Gasteiger partial charge on any atom is -0.491 e. The zero-order valence-electron chi connectivity index (χ0n) is 17.2. The first-order valence-electron chi connectivity index (χ1n) is 9.66. The summed E-state index contributed by atoms with van der Waals surface area (Å²) in [4.78, 5) is 12.1. The number of hydrogen-bond acceptors (Lipinski definition) is 7. The SMILES string of the molecule is CCOC(=O)CN(c1ccc(OC(C)C)cc1)S(=O)(=O)c1ccc2c(c1)OCCO2. The summed E-state index contributed by atoms with van der Waals surface area (Å²) < 4.78 is 49.4. The van der Waals surface area contributed by atoms with E-state index in [0.717, 1.165) is 4.31 Å². The van der Waals surface area contributed by atoms with Gasteiger partial charge in [-0.1, -0.05) is 0 Å². The van der Waals surface area contributed by atoms with Crippen LogP contribution in [0.15, 0.2) is 47.4 Å². The molecule has 30 heavy (non-hydrogen) atoms. The molecule has 0 aromatic heterocycles. The molecule has 8 nitrogen and oxygen atoms in total. The van der Waals surface area contributed by atoms with Crippen molar-refractivity contribution in [3.63, 3.8) is 0 Å². The summed E-state index contributed by atoms with van der Waals surface area (Å²) in [6, 6.07) is 10.9. The van der Waals surface area contributed by atoms with E-state index < -0.39 is 22.5 Å². The third-order valence-electron chi connectivity index (χ3n) is 4.18. The Bertz CT molecular complexity index is 987. The van der Waals surface area contributed by atoms with E-state index in [-0.39, 0.29) is 17.6 Å². The van der Waals surface area contributed by atoms with Gasteiger partial charge < -0.3 is 18.9 Å². The van der Waals surface area contributed by atoms with Crippen molar-refractivity contribution in [3.05, 3.63) is 42.5 Å². The van der Waals surface area contributed by atoms with Crippen LogP contribution >= 0.6 is 0 Å². The van der Waals surface area contributed by atoms with Gasteiger partial charge in [0.25, 0.3) is 10.0 Å². The smallest absolute Gasteiger partial charge is 0.326 e. The van der Waals surface area contributed by atoms with E-state index >= 15 is 0 Å². The highest BCUT2D eigenvalue weighted by Gasteiger charge is 2.29. The maximum Gasteiger partial charge on any atom is 0.326 e. The molecule has 0 spiro atoms. The molecule has 2 aromatic rings. The molecule has 162 valence electrons. The monoisotopic (exact) mass is 435 g/mol. The quantitative estimate of drug-likeness (QED) is 0.589. The Morgan fingerprint density at radius 3 is 2.37 bits per heavy atom.